The molecule has 0 fully saturated rings. The first-order chi connectivity index (χ1) is 5.52. The van der Waals surface area contributed by atoms with Crippen molar-refractivity contribution in [1.82, 2.24) is 4.98 Å². The van der Waals surface area contributed by atoms with Crippen molar-refractivity contribution >= 4 is 39.1 Å². The van der Waals surface area contributed by atoms with Gasteiger partial charge in [0.05, 0.1) is 10.0 Å². The van der Waals surface area contributed by atoms with Gasteiger partial charge in [0.15, 0.2) is 0 Å². The Hall–Kier alpha value is 0.0700. The lowest BCUT2D eigenvalue weighted by Gasteiger charge is -2.03. The van der Waals surface area contributed by atoms with E-state index in [-0.39, 0.29) is 14.6 Å². The van der Waals surface area contributed by atoms with Crippen LogP contribution in [0, 0.1) is 0 Å². The number of halogens is 5. The second-order valence-electron chi connectivity index (χ2n) is 1.93. The molecule has 6 heteroatoms. The third-order valence-corrected chi connectivity index (χ3v) is 2.31. The summed E-state index contributed by atoms with van der Waals surface area (Å²) in [6.07, 6.45) is -2.72. The monoisotopic (exact) mass is 275 g/mol. The molecule has 0 bridgehead atoms. The second-order valence-corrected chi connectivity index (χ2v) is 3.52. The molecule has 1 aromatic rings. The standard InChI is InChI=1S/C6H2BrCl2F2N/c7-3-1-2(8)4(9)5(12-3)6(10)11/h1,6H. The molecule has 1 nitrogen and oxygen atoms in total. The van der Waals surface area contributed by atoms with Crippen LogP contribution in [0.25, 0.3) is 0 Å². The summed E-state index contributed by atoms with van der Waals surface area (Å²) in [4.78, 5) is 3.48. The summed E-state index contributed by atoms with van der Waals surface area (Å²) in [5.41, 5.74) is -0.504. The number of aromatic nitrogens is 1. The van der Waals surface area contributed by atoms with Crippen molar-refractivity contribution in [3.63, 3.8) is 0 Å². The fraction of sp³-hybridized carbons (Fsp3) is 0.167. The van der Waals surface area contributed by atoms with Crippen molar-refractivity contribution in [2.24, 2.45) is 0 Å². The number of hydrogen-bond acceptors (Lipinski definition) is 1. The molecule has 0 aromatic carbocycles. The van der Waals surface area contributed by atoms with Gasteiger partial charge in [-0.05, 0) is 22.0 Å². The van der Waals surface area contributed by atoms with E-state index in [9.17, 15) is 8.78 Å². The topological polar surface area (TPSA) is 12.9 Å². The van der Waals surface area contributed by atoms with Gasteiger partial charge in [0.1, 0.15) is 10.3 Å². The summed E-state index contributed by atoms with van der Waals surface area (Å²) in [5.74, 6) is 0. The molecule has 1 aromatic heterocycles. The highest BCUT2D eigenvalue weighted by atomic mass is 79.9. The number of alkyl halides is 2. The third kappa shape index (κ3) is 2.06. The molecule has 1 rings (SSSR count). The fourth-order valence-electron chi connectivity index (χ4n) is 0.631. The van der Waals surface area contributed by atoms with Crippen molar-refractivity contribution in [3.8, 4) is 0 Å². The highest BCUT2D eigenvalue weighted by Crippen LogP contribution is 2.32. The van der Waals surface area contributed by atoms with Crippen LogP contribution in [0.4, 0.5) is 8.78 Å². The van der Waals surface area contributed by atoms with Crippen molar-refractivity contribution < 1.29 is 8.78 Å². The van der Waals surface area contributed by atoms with Gasteiger partial charge in [0.2, 0.25) is 0 Å². The molecular weight excluding hydrogens is 275 g/mol. The molecule has 0 aliphatic rings. The first-order valence-electron chi connectivity index (χ1n) is 2.82. The zero-order chi connectivity index (χ0) is 9.30. The summed E-state index contributed by atoms with van der Waals surface area (Å²) < 4.78 is 24.6. The van der Waals surface area contributed by atoms with E-state index in [0.29, 0.717) is 0 Å². The Kier molecular flexibility index (Phi) is 3.26. The molecule has 0 atom stereocenters. The van der Waals surface area contributed by atoms with Crippen LogP contribution in [-0.4, -0.2) is 4.98 Å². The van der Waals surface area contributed by atoms with E-state index in [1.165, 1.54) is 6.07 Å². The quantitative estimate of drug-likeness (QED) is 0.704. The molecular formula is C6H2BrCl2F2N. The Labute approximate surface area is 85.8 Å². The molecule has 0 spiro atoms. The number of nitrogens with zero attached hydrogens (tertiary/aromatic N) is 1. The Morgan fingerprint density at radius 2 is 2.00 bits per heavy atom. The van der Waals surface area contributed by atoms with Crippen LogP contribution in [0.1, 0.15) is 12.1 Å². The zero-order valence-corrected chi connectivity index (χ0v) is 8.59. The van der Waals surface area contributed by atoms with Crippen LogP contribution in [-0.2, 0) is 0 Å². The van der Waals surface area contributed by atoms with Gasteiger partial charge >= 0.3 is 0 Å². The fourth-order valence-corrected chi connectivity index (χ4v) is 1.56. The van der Waals surface area contributed by atoms with Gasteiger partial charge in [-0.3, -0.25) is 0 Å². The third-order valence-electron chi connectivity index (χ3n) is 1.11. The average molecular weight is 277 g/mol. The molecule has 0 radical (unpaired) electrons. The number of pyridine rings is 1. The van der Waals surface area contributed by atoms with E-state index >= 15 is 0 Å². The minimum atomic E-state index is -2.72. The van der Waals surface area contributed by atoms with Crippen LogP contribution in [0.15, 0.2) is 10.7 Å². The first-order valence-corrected chi connectivity index (χ1v) is 4.37. The molecule has 0 aliphatic carbocycles. The Balaban J connectivity index is 3.28. The van der Waals surface area contributed by atoms with E-state index < -0.39 is 12.1 Å². The van der Waals surface area contributed by atoms with E-state index in [4.69, 9.17) is 23.2 Å². The normalized spacial score (nSPS) is 10.8. The predicted octanol–water partition coefficient (Wildman–Crippen LogP) is 4.09. The van der Waals surface area contributed by atoms with Crippen LogP contribution in [0.2, 0.25) is 10.0 Å². The van der Waals surface area contributed by atoms with Crippen molar-refractivity contribution in [2.75, 3.05) is 0 Å². The maximum absolute atomic E-state index is 12.2. The molecule has 0 N–H and O–H groups in total. The van der Waals surface area contributed by atoms with E-state index in [0.717, 1.165) is 0 Å². The Bertz CT molecular complexity index is 306. The van der Waals surface area contributed by atoms with Gasteiger partial charge in [-0.1, -0.05) is 23.2 Å². The molecule has 1 heterocycles. The lowest BCUT2D eigenvalue weighted by atomic mass is 10.3. The molecule has 0 saturated carbocycles. The minimum absolute atomic E-state index is 0.0637. The smallest absolute Gasteiger partial charge is 0.238 e. The SMILES string of the molecule is FC(F)c1nc(Br)cc(Cl)c1Cl. The van der Waals surface area contributed by atoms with Gasteiger partial charge in [0.25, 0.3) is 6.43 Å². The summed E-state index contributed by atoms with van der Waals surface area (Å²) in [5, 5.41) is -0.135. The van der Waals surface area contributed by atoms with Gasteiger partial charge in [-0.2, -0.15) is 0 Å². The Morgan fingerprint density at radius 1 is 1.42 bits per heavy atom. The number of hydrogen-bond donors (Lipinski definition) is 0. The zero-order valence-electron chi connectivity index (χ0n) is 5.49. The molecule has 66 valence electrons. The lowest BCUT2D eigenvalue weighted by molar-refractivity contribution is 0.146. The van der Waals surface area contributed by atoms with Gasteiger partial charge in [0, 0.05) is 0 Å². The summed E-state index contributed by atoms with van der Waals surface area (Å²) in [6.45, 7) is 0. The highest BCUT2D eigenvalue weighted by molar-refractivity contribution is 9.10. The van der Waals surface area contributed by atoms with Crippen molar-refractivity contribution in [2.45, 2.75) is 6.43 Å². The largest absolute Gasteiger partial charge is 0.281 e. The maximum Gasteiger partial charge on any atom is 0.281 e. The van der Waals surface area contributed by atoms with Crippen LogP contribution >= 0.6 is 39.1 Å². The maximum atomic E-state index is 12.2. The summed E-state index contributed by atoms with van der Waals surface area (Å²) in [7, 11) is 0. The molecule has 0 aliphatic heterocycles. The van der Waals surface area contributed by atoms with Crippen LogP contribution < -0.4 is 0 Å². The first kappa shape index (κ1) is 10.2. The van der Waals surface area contributed by atoms with E-state index in [1.807, 2.05) is 0 Å². The molecule has 0 unspecified atom stereocenters. The van der Waals surface area contributed by atoms with E-state index in [1.54, 1.807) is 0 Å². The van der Waals surface area contributed by atoms with Crippen molar-refractivity contribution in [1.29, 1.82) is 0 Å². The van der Waals surface area contributed by atoms with Gasteiger partial charge in [-0.25, -0.2) is 13.8 Å². The average Bonchev–Trinajstić information content (AvgIpc) is 1.96. The lowest BCUT2D eigenvalue weighted by Crippen LogP contribution is -1.92. The second kappa shape index (κ2) is 3.85. The van der Waals surface area contributed by atoms with Crippen LogP contribution in [0.5, 0.6) is 0 Å². The Morgan fingerprint density at radius 3 is 2.50 bits per heavy atom. The molecule has 0 amide bonds. The van der Waals surface area contributed by atoms with Crippen LogP contribution in [0.3, 0.4) is 0 Å². The van der Waals surface area contributed by atoms with Gasteiger partial charge in [-0.15, -0.1) is 0 Å². The van der Waals surface area contributed by atoms with Crippen molar-refractivity contribution in [3.05, 3.63) is 26.4 Å². The summed E-state index contributed by atoms with van der Waals surface area (Å²) in [6, 6.07) is 1.36. The predicted molar refractivity (Wildman–Crippen MR) is 46.9 cm³/mol. The molecule has 12 heavy (non-hydrogen) atoms. The summed E-state index contributed by atoms with van der Waals surface area (Å²) >= 11 is 13.9. The number of rotatable bonds is 1. The molecule has 0 saturated heterocycles. The minimum Gasteiger partial charge on any atom is -0.238 e. The highest BCUT2D eigenvalue weighted by Gasteiger charge is 2.16. The van der Waals surface area contributed by atoms with E-state index in [2.05, 4.69) is 20.9 Å². The van der Waals surface area contributed by atoms with Gasteiger partial charge < -0.3 is 0 Å².